The Morgan fingerprint density at radius 1 is 0.938 bits per heavy atom. The van der Waals surface area contributed by atoms with Crippen LogP contribution in [-0.2, 0) is 0 Å². The maximum atomic E-state index is 3.66. The van der Waals surface area contributed by atoms with Crippen molar-refractivity contribution in [2.24, 2.45) is 5.41 Å². The van der Waals surface area contributed by atoms with Crippen molar-refractivity contribution in [2.45, 2.75) is 58.2 Å². The van der Waals surface area contributed by atoms with E-state index in [0.29, 0.717) is 5.41 Å². The van der Waals surface area contributed by atoms with Gasteiger partial charge in [0.2, 0.25) is 0 Å². The smallest absolute Gasteiger partial charge is 1.00 e. The van der Waals surface area contributed by atoms with Gasteiger partial charge in [-0.3, -0.25) is 0 Å². The number of halogens is 4. The SMILES string of the molecule is CCC(CC)(CC)CC[CH2][Al]([Br])[Br].[Br-].[Br-].[Mg+2]. The van der Waals surface area contributed by atoms with E-state index >= 15 is 0 Å². The second-order valence-electron chi connectivity index (χ2n) is 3.84. The second-order valence-corrected chi connectivity index (χ2v) is 15.5. The van der Waals surface area contributed by atoms with Crippen LogP contribution in [0.1, 0.15) is 52.9 Å². The number of hydrogen-bond donors (Lipinski definition) is 0. The van der Waals surface area contributed by atoms with E-state index in [4.69, 9.17) is 0 Å². The molecule has 0 atom stereocenters. The van der Waals surface area contributed by atoms with Crippen LogP contribution in [0.3, 0.4) is 0 Å². The van der Waals surface area contributed by atoms with Gasteiger partial charge in [0.05, 0.1) is 0 Å². The molecule has 0 aliphatic carbocycles. The molecule has 0 radical (unpaired) electrons. The van der Waals surface area contributed by atoms with Crippen molar-refractivity contribution in [3.63, 3.8) is 0 Å². The first-order chi connectivity index (χ1) is 6.10. The van der Waals surface area contributed by atoms with Gasteiger partial charge in [0, 0.05) is 0 Å². The molecule has 0 unspecified atom stereocenters. The Bertz CT molecular complexity index is 124. The first kappa shape index (κ1) is 27.5. The fourth-order valence-corrected chi connectivity index (χ4v) is 4.37. The quantitative estimate of drug-likeness (QED) is 0.380. The molecule has 6 heteroatoms. The topological polar surface area (TPSA) is 0 Å². The summed E-state index contributed by atoms with van der Waals surface area (Å²) in [4.78, 5) is 0. The summed E-state index contributed by atoms with van der Waals surface area (Å²) >= 11 is 7.33. The molecule has 0 aliphatic rings. The molecular formula is C10H21AlBr4Mg. The summed E-state index contributed by atoms with van der Waals surface area (Å²) in [6, 6.07) is 0. The standard InChI is InChI=1S/C10H21.Al.4BrH.Mg/c1-5-9-10(6-2,7-3)8-4;;;;;;/h1,5-9H2,2-4H3;;4*1H;/q;+2;;;;;+2/p-4. The van der Waals surface area contributed by atoms with Gasteiger partial charge < -0.3 is 34.0 Å². The minimum Gasteiger partial charge on any atom is -1.00 e. The molecule has 0 bridgehead atoms. The zero-order valence-corrected chi connectivity index (χ0v) is 19.5. The van der Waals surface area contributed by atoms with E-state index in [1.54, 1.807) is 0 Å². The molecule has 0 saturated heterocycles. The van der Waals surface area contributed by atoms with Crippen molar-refractivity contribution in [2.75, 3.05) is 0 Å². The van der Waals surface area contributed by atoms with Crippen molar-refractivity contribution in [3.8, 4) is 0 Å². The molecule has 0 saturated carbocycles. The van der Waals surface area contributed by atoms with Gasteiger partial charge in [-0.1, -0.05) is 51.7 Å². The Morgan fingerprint density at radius 2 is 1.31 bits per heavy atom. The molecule has 0 N–H and O–H groups in total. The van der Waals surface area contributed by atoms with Crippen LogP contribution >= 0.6 is 28.1 Å². The molecule has 0 heterocycles. The van der Waals surface area contributed by atoms with Crippen LogP contribution in [0.25, 0.3) is 0 Å². The van der Waals surface area contributed by atoms with Crippen molar-refractivity contribution in [1.82, 2.24) is 0 Å². The van der Waals surface area contributed by atoms with Crippen LogP contribution in [0.15, 0.2) is 0 Å². The first-order valence-electron chi connectivity index (χ1n) is 5.38. The fourth-order valence-electron chi connectivity index (χ4n) is 1.91. The molecule has 0 aromatic rings. The Morgan fingerprint density at radius 3 is 1.56 bits per heavy atom. The van der Waals surface area contributed by atoms with E-state index in [1.807, 2.05) is 0 Å². The van der Waals surface area contributed by atoms with Gasteiger partial charge in [0.1, 0.15) is 0 Å². The van der Waals surface area contributed by atoms with E-state index in [0.717, 1.165) is 0 Å². The van der Waals surface area contributed by atoms with Crippen LogP contribution in [0.2, 0.25) is 5.28 Å². The largest absolute Gasteiger partial charge is 2.00 e. The average Bonchev–Trinajstić information content (AvgIpc) is 2.13. The molecule has 16 heavy (non-hydrogen) atoms. The van der Waals surface area contributed by atoms with E-state index in [-0.39, 0.29) is 57.0 Å². The Labute approximate surface area is 157 Å². The fraction of sp³-hybridized carbons (Fsp3) is 1.00. The van der Waals surface area contributed by atoms with Gasteiger partial charge in [-0.15, -0.1) is 0 Å². The van der Waals surface area contributed by atoms with Crippen LogP contribution in [-0.4, -0.2) is 33.5 Å². The molecule has 0 aromatic heterocycles. The van der Waals surface area contributed by atoms with Gasteiger partial charge in [-0.2, -0.15) is 28.1 Å². The van der Waals surface area contributed by atoms with Gasteiger partial charge in [0.25, 0.3) is 0 Å². The summed E-state index contributed by atoms with van der Waals surface area (Å²) in [5.74, 6) is 0. The Kier molecular flexibility index (Phi) is 28.0. The Hall–Kier alpha value is 3.22. The summed E-state index contributed by atoms with van der Waals surface area (Å²) in [7, 11) is -0.668. The first-order valence-corrected chi connectivity index (χ1v) is 12.6. The third kappa shape index (κ3) is 12.3. The van der Waals surface area contributed by atoms with Crippen LogP contribution < -0.4 is 34.0 Å². The summed E-state index contributed by atoms with van der Waals surface area (Å²) in [6.07, 6.45) is 6.84. The number of hydrogen-bond acceptors (Lipinski definition) is 0. The molecule has 0 nitrogen and oxygen atoms in total. The molecule has 0 fully saturated rings. The monoisotopic (exact) mass is 508 g/mol. The predicted octanol–water partition coefficient (Wildman–Crippen LogP) is -1.11. The molecule has 0 aliphatic heterocycles. The van der Waals surface area contributed by atoms with Crippen molar-refractivity contribution >= 4 is 61.7 Å². The van der Waals surface area contributed by atoms with Gasteiger partial charge in [0.15, 0.2) is 0 Å². The third-order valence-electron chi connectivity index (χ3n) is 3.38. The summed E-state index contributed by atoms with van der Waals surface area (Å²) in [5, 5.41) is 1.38. The third-order valence-corrected chi connectivity index (χ3v) is 6.97. The molecule has 94 valence electrons. The van der Waals surface area contributed by atoms with Crippen LogP contribution in [0.4, 0.5) is 0 Å². The van der Waals surface area contributed by atoms with Gasteiger partial charge in [-0.25, -0.2) is 0 Å². The predicted molar refractivity (Wildman–Crippen MR) is 76.7 cm³/mol. The molecular weight excluding hydrogens is 491 g/mol. The second kappa shape index (κ2) is 16.3. The van der Waals surface area contributed by atoms with Gasteiger partial charge in [-0.05, 0) is 11.8 Å². The average molecular weight is 512 g/mol. The minimum absolute atomic E-state index is 0. The molecule has 0 amide bonds. The summed E-state index contributed by atoms with van der Waals surface area (Å²) in [5.41, 5.74) is 0.642. The maximum Gasteiger partial charge on any atom is 2.00 e. The Balaban J connectivity index is -0.000000240. The van der Waals surface area contributed by atoms with Crippen LogP contribution in [0.5, 0.6) is 0 Å². The van der Waals surface area contributed by atoms with Crippen molar-refractivity contribution in [3.05, 3.63) is 0 Å². The minimum atomic E-state index is -0.668. The zero-order valence-electron chi connectivity index (χ0n) is 10.5. The normalized spacial score (nSPS) is 9.56. The summed E-state index contributed by atoms with van der Waals surface area (Å²) < 4.78 is 0. The molecule has 0 rings (SSSR count). The van der Waals surface area contributed by atoms with E-state index < -0.39 is 10.5 Å². The summed E-state index contributed by atoms with van der Waals surface area (Å²) in [6.45, 7) is 7.01. The zero-order chi connectivity index (χ0) is 10.3. The molecule has 0 spiro atoms. The molecule has 0 aromatic carbocycles. The van der Waals surface area contributed by atoms with Crippen LogP contribution in [0, 0.1) is 5.41 Å². The van der Waals surface area contributed by atoms with E-state index in [1.165, 1.54) is 37.4 Å². The van der Waals surface area contributed by atoms with E-state index in [2.05, 4.69) is 48.9 Å². The number of rotatable bonds is 7. The maximum absolute atomic E-state index is 3.66. The van der Waals surface area contributed by atoms with Gasteiger partial charge >= 0.3 is 33.5 Å². The van der Waals surface area contributed by atoms with Crippen molar-refractivity contribution < 1.29 is 34.0 Å². The van der Waals surface area contributed by atoms with E-state index in [9.17, 15) is 0 Å². The van der Waals surface area contributed by atoms with Crippen molar-refractivity contribution in [1.29, 1.82) is 0 Å².